The smallest absolute Gasteiger partial charge is 0.251 e. The van der Waals surface area contributed by atoms with E-state index in [0.717, 1.165) is 25.8 Å². The molecule has 2 rings (SSSR count). The summed E-state index contributed by atoms with van der Waals surface area (Å²) in [6, 6.07) is 4.94. The average Bonchev–Trinajstić information content (AvgIpc) is 2.40. The quantitative estimate of drug-likeness (QED) is 0.870. The van der Waals surface area contributed by atoms with Crippen LogP contribution in [-0.2, 0) is 9.84 Å². The molecule has 2 unspecified atom stereocenters. The van der Waals surface area contributed by atoms with Gasteiger partial charge in [0.2, 0.25) is 0 Å². The van der Waals surface area contributed by atoms with E-state index in [-0.39, 0.29) is 29.3 Å². The number of hydrogen-bond acceptors (Lipinski definition) is 4. The molecule has 0 spiro atoms. The van der Waals surface area contributed by atoms with Gasteiger partial charge in [0, 0.05) is 17.9 Å². The van der Waals surface area contributed by atoms with Gasteiger partial charge in [-0.2, -0.15) is 0 Å². The number of carbonyl (C=O) groups is 1. The lowest BCUT2D eigenvalue weighted by molar-refractivity contribution is 0.0914. The maximum Gasteiger partial charge on any atom is 0.251 e. The highest BCUT2D eigenvalue weighted by Crippen LogP contribution is 2.18. The summed E-state index contributed by atoms with van der Waals surface area (Å²) in [5.41, 5.74) is 1.05. The summed E-state index contributed by atoms with van der Waals surface area (Å²) in [6.45, 7) is 5.59. The van der Waals surface area contributed by atoms with Gasteiger partial charge in [-0.3, -0.25) is 4.79 Å². The van der Waals surface area contributed by atoms with Crippen molar-refractivity contribution in [1.29, 1.82) is 0 Å². The number of nitrogens with one attached hydrogen (secondary N) is 2. The first-order chi connectivity index (χ1) is 9.79. The summed E-state index contributed by atoms with van der Waals surface area (Å²) in [7, 11) is -3.32. The van der Waals surface area contributed by atoms with Crippen molar-refractivity contribution in [1.82, 2.24) is 10.6 Å². The minimum Gasteiger partial charge on any atom is -0.349 e. The molecule has 2 atom stereocenters. The zero-order chi connectivity index (χ0) is 15.6. The van der Waals surface area contributed by atoms with Crippen LogP contribution in [0.1, 0.15) is 29.3 Å². The van der Waals surface area contributed by atoms with Crippen molar-refractivity contribution in [3.05, 3.63) is 29.3 Å². The number of aryl methyl sites for hydroxylation is 1. The fraction of sp³-hybridized carbons (Fsp3) is 0.533. The summed E-state index contributed by atoms with van der Waals surface area (Å²) in [4.78, 5) is 12.5. The zero-order valence-electron chi connectivity index (χ0n) is 13.0. The van der Waals surface area contributed by atoms with Crippen molar-refractivity contribution in [3.63, 3.8) is 0 Å². The standard InChI is InChI=1S/C15H22N2O3S.ClH/c1-10-4-5-12(8-14(10)21(3,19)20)15(18)17-13-6-7-16-9-11(13)2;/h4-5,8,11,13,16H,6-7,9H2,1-3H3,(H,17,18);1H. The van der Waals surface area contributed by atoms with Crippen molar-refractivity contribution >= 4 is 28.2 Å². The molecule has 2 N–H and O–H groups in total. The Hall–Kier alpha value is -1.11. The summed E-state index contributed by atoms with van der Waals surface area (Å²) in [5.74, 6) is 0.154. The van der Waals surface area contributed by atoms with Gasteiger partial charge >= 0.3 is 0 Å². The van der Waals surface area contributed by atoms with E-state index >= 15 is 0 Å². The van der Waals surface area contributed by atoms with Crippen molar-refractivity contribution in [2.75, 3.05) is 19.3 Å². The van der Waals surface area contributed by atoms with Crippen LogP contribution in [0.25, 0.3) is 0 Å². The molecule has 1 aliphatic heterocycles. The largest absolute Gasteiger partial charge is 0.349 e. The van der Waals surface area contributed by atoms with E-state index in [1.165, 1.54) is 6.07 Å². The average molecular weight is 347 g/mol. The first kappa shape index (κ1) is 18.9. The molecule has 1 heterocycles. The number of piperidine rings is 1. The van der Waals surface area contributed by atoms with Crippen LogP contribution < -0.4 is 10.6 Å². The molecule has 1 aliphatic rings. The molecule has 1 aromatic carbocycles. The maximum absolute atomic E-state index is 12.3. The third kappa shape index (κ3) is 4.44. The fourth-order valence-corrected chi connectivity index (χ4v) is 3.61. The van der Waals surface area contributed by atoms with Gasteiger partial charge in [-0.1, -0.05) is 13.0 Å². The van der Waals surface area contributed by atoms with E-state index in [1.54, 1.807) is 19.1 Å². The molecule has 1 fully saturated rings. The molecule has 124 valence electrons. The van der Waals surface area contributed by atoms with E-state index in [4.69, 9.17) is 0 Å². The number of amides is 1. The molecule has 5 nitrogen and oxygen atoms in total. The highest BCUT2D eigenvalue weighted by molar-refractivity contribution is 7.90. The molecule has 22 heavy (non-hydrogen) atoms. The maximum atomic E-state index is 12.3. The predicted octanol–water partition coefficient (Wildman–Crippen LogP) is 1.55. The lowest BCUT2D eigenvalue weighted by Gasteiger charge is -2.30. The predicted molar refractivity (Wildman–Crippen MR) is 89.4 cm³/mol. The van der Waals surface area contributed by atoms with E-state index in [1.807, 2.05) is 0 Å². The summed E-state index contributed by atoms with van der Waals surface area (Å²) in [6.07, 6.45) is 2.05. The van der Waals surface area contributed by atoms with Crippen LogP contribution in [0.3, 0.4) is 0 Å². The van der Waals surface area contributed by atoms with E-state index in [2.05, 4.69) is 17.6 Å². The first-order valence-electron chi connectivity index (χ1n) is 7.11. The van der Waals surface area contributed by atoms with Crippen molar-refractivity contribution in [3.8, 4) is 0 Å². The molecule has 1 amide bonds. The number of hydrogen-bond donors (Lipinski definition) is 2. The van der Waals surface area contributed by atoms with Crippen LogP contribution in [0.4, 0.5) is 0 Å². The van der Waals surface area contributed by atoms with Gasteiger partial charge in [-0.15, -0.1) is 12.4 Å². The Morgan fingerprint density at radius 3 is 2.64 bits per heavy atom. The van der Waals surface area contributed by atoms with E-state index < -0.39 is 9.84 Å². The van der Waals surface area contributed by atoms with Gasteiger partial charge in [0.05, 0.1) is 4.90 Å². The second kappa shape index (κ2) is 7.44. The van der Waals surface area contributed by atoms with E-state index in [0.29, 0.717) is 17.0 Å². The van der Waals surface area contributed by atoms with Gasteiger partial charge in [0.1, 0.15) is 0 Å². The number of rotatable bonds is 3. The Bertz CT molecular complexity index is 646. The van der Waals surface area contributed by atoms with Gasteiger partial charge < -0.3 is 10.6 Å². The minimum absolute atomic E-state index is 0. The number of benzene rings is 1. The van der Waals surface area contributed by atoms with Gasteiger partial charge in [-0.05, 0) is 50.0 Å². The molecule has 0 bridgehead atoms. The van der Waals surface area contributed by atoms with Crippen LogP contribution in [-0.4, -0.2) is 39.7 Å². The summed E-state index contributed by atoms with van der Waals surface area (Å²) < 4.78 is 23.5. The Balaban J connectivity index is 0.00000242. The number of sulfone groups is 1. The summed E-state index contributed by atoms with van der Waals surface area (Å²) in [5, 5.41) is 6.29. The van der Waals surface area contributed by atoms with E-state index in [9.17, 15) is 13.2 Å². The second-order valence-corrected chi connectivity index (χ2v) is 7.79. The van der Waals surface area contributed by atoms with Crippen LogP contribution in [0, 0.1) is 12.8 Å². The van der Waals surface area contributed by atoms with Crippen molar-refractivity contribution < 1.29 is 13.2 Å². The third-order valence-corrected chi connectivity index (χ3v) is 5.19. The van der Waals surface area contributed by atoms with Crippen LogP contribution >= 0.6 is 12.4 Å². The highest BCUT2D eigenvalue weighted by atomic mass is 35.5. The monoisotopic (exact) mass is 346 g/mol. The second-order valence-electron chi connectivity index (χ2n) is 5.80. The van der Waals surface area contributed by atoms with Crippen LogP contribution in [0.5, 0.6) is 0 Å². The SMILES string of the molecule is Cc1ccc(C(=O)NC2CCNCC2C)cc1S(C)(=O)=O.Cl. The topological polar surface area (TPSA) is 75.3 Å². The number of halogens is 1. The van der Waals surface area contributed by atoms with Crippen molar-refractivity contribution in [2.24, 2.45) is 5.92 Å². The number of carbonyl (C=O) groups excluding carboxylic acids is 1. The molecule has 7 heteroatoms. The van der Waals surface area contributed by atoms with Gasteiger partial charge in [-0.25, -0.2) is 8.42 Å². The Labute approximate surface area is 138 Å². The Morgan fingerprint density at radius 1 is 1.36 bits per heavy atom. The first-order valence-corrected chi connectivity index (χ1v) is 9.00. The normalized spacial score (nSPS) is 21.8. The highest BCUT2D eigenvalue weighted by Gasteiger charge is 2.23. The lowest BCUT2D eigenvalue weighted by Crippen LogP contribution is -2.48. The summed E-state index contributed by atoms with van der Waals surface area (Å²) >= 11 is 0. The molecule has 0 aliphatic carbocycles. The minimum atomic E-state index is -3.32. The zero-order valence-corrected chi connectivity index (χ0v) is 14.7. The molecule has 0 saturated carbocycles. The third-order valence-electron chi connectivity index (χ3n) is 3.95. The molecule has 0 radical (unpaired) electrons. The van der Waals surface area contributed by atoms with Crippen molar-refractivity contribution in [2.45, 2.75) is 31.2 Å². The molecule has 1 saturated heterocycles. The van der Waals surface area contributed by atoms with Gasteiger partial charge in [0.25, 0.3) is 5.91 Å². The lowest BCUT2D eigenvalue weighted by atomic mass is 9.95. The Kier molecular flexibility index (Phi) is 6.40. The molecule has 0 aromatic heterocycles. The Morgan fingerprint density at radius 2 is 2.05 bits per heavy atom. The molecule has 1 aromatic rings. The fourth-order valence-electron chi connectivity index (χ4n) is 2.62. The van der Waals surface area contributed by atoms with Gasteiger partial charge in [0.15, 0.2) is 9.84 Å². The van der Waals surface area contributed by atoms with Crippen LogP contribution in [0.15, 0.2) is 23.1 Å². The molecular formula is C15H23ClN2O3S. The van der Waals surface area contributed by atoms with Crippen LogP contribution in [0.2, 0.25) is 0 Å². The molecular weight excluding hydrogens is 324 g/mol.